The Balaban J connectivity index is 2.10. The molecule has 1 saturated heterocycles. The zero-order chi connectivity index (χ0) is 14.5. The number of piperidine rings is 1. The first-order valence-corrected chi connectivity index (χ1v) is 7.38. The first kappa shape index (κ1) is 15.3. The number of nitrogens with one attached hydrogen (secondary N) is 1. The number of likely N-dealkylation sites (tertiary alicyclic amines) is 1. The summed E-state index contributed by atoms with van der Waals surface area (Å²) in [4.78, 5) is 14.3. The molecule has 1 aliphatic heterocycles. The number of aromatic nitrogens is 2. The van der Waals surface area contributed by atoms with Crippen LogP contribution in [0.2, 0.25) is 5.02 Å². The van der Waals surface area contributed by atoms with Gasteiger partial charge < -0.3 is 15.3 Å². The largest absolute Gasteiger partial charge is 0.394 e. The summed E-state index contributed by atoms with van der Waals surface area (Å²) >= 11 is 6.09. The standard InChI is InChI=1S/C13H21ClN4O2/c1-2-17-5-3-4-10(9-17)16-11-8-15-18(6-7-19)13(20)12(11)14/h8,10,16,19H,2-7,9H2,1H3. The molecule has 7 heteroatoms. The molecule has 1 atom stereocenters. The van der Waals surface area contributed by atoms with Crippen molar-refractivity contribution in [2.75, 3.05) is 31.6 Å². The van der Waals surface area contributed by atoms with Gasteiger partial charge in [-0.25, -0.2) is 4.68 Å². The van der Waals surface area contributed by atoms with E-state index in [1.807, 2.05) is 0 Å². The van der Waals surface area contributed by atoms with Gasteiger partial charge in [-0.1, -0.05) is 18.5 Å². The van der Waals surface area contributed by atoms with E-state index in [0.717, 1.165) is 32.5 Å². The third-order valence-corrected chi connectivity index (χ3v) is 3.97. The highest BCUT2D eigenvalue weighted by Crippen LogP contribution is 2.20. The van der Waals surface area contributed by atoms with E-state index in [0.29, 0.717) is 5.69 Å². The number of hydrogen-bond donors (Lipinski definition) is 2. The lowest BCUT2D eigenvalue weighted by Crippen LogP contribution is -2.42. The Morgan fingerprint density at radius 1 is 1.60 bits per heavy atom. The second-order valence-corrected chi connectivity index (χ2v) is 5.38. The van der Waals surface area contributed by atoms with Gasteiger partial charge in [-0.05, 0) is 25.9 Å². The zero-order valence-electron chi connectivity index (χ0n) is 11.7. The fourth-order valence-corrected chi connectivity index (χ4v) is 2.70. The number of nitrogens with zero attached hydrogens (tertiary/aromatic N) is 3. The van der Waals surface area contributed by atoms with Crippen LogP contribution >= 0.6 is 11.6 Å². The first-order valence-electron chi connectivity index (χ1n) is 7.01. The van der Waals surface area contributed by atoms with E-state index in [1.54, 1.807) is 6.20 Å². The number of aliphatic hydroxyl groups excluding tert-OH is 1. The van der Waals surface area contributed by atoms with Gasteiger partial charge in [-0.15, -0.1) is 0 Å². The summed E-state index contributed by atoms with van der Waals surface area (Å²) in [5, 5.41) is 16.3. The summed E-state index contributed by atoms with van der Waals surface area (Å²) in [5.41, 5.74) is 0.211. The zero-order valence-corrected chi connectivity index (χ0v) is 12.4. The Morgan fingerprint density at radius 2 is 2.40 bits per heavy atom. The average Bonchev–Trinajstić information content (AvgIpc) is 2.47. The van der Waals surface area contributed by atoms with Crippen LogP contribution in [0.15, 0.2) is 11.0 Å². The molecule has 0 spiro atoms. The highest BCUT2D eigenvalue weighted by molar-refractivity contribution is 6.32. The van der Waals surface area contributed by atoms with Gasteiger partial charge >= 0.3 is 0 Å². The molecular formula is C13H21ClN4O2. The number of rotatable bonds is 5. The van der Waals surface area contributed by atoms with Gasteiger partial charge in [0.2, 0.25) is 0 Å². The van der Waals surface area contributed by atoms with Crippen LogP contribution in [-0.2, 0) is 6.54 Å². The fourth-order valence-electron chi connectivity index (χ4n) is 2.50. The van der Waals surface area contributed by atoms with Crippen LogP contribution in [0, 0.1) is 0 Å². The topological polar surface area (TPSA) is 70.4 Å². The Hall–Kier alpha value is -1.11. The van der Waals surface area contributed by atoms with E-state index in [-0.39, 0.29) is 29.8 Å². The highest BCUT2D eigenvalue weighted by atomic mass is 35.5. The minimum Gasteiger partial charge on any atom is -0.394 e. The van der Waals surface area contributed by atoms with Crippen molar-refractivity contribution in [1.29, 1.82) is 0 Å². The maximum absolute atomic E-state index is 11.9. The molecule has 0 saturated carbocycles. The van der Waals surface area contributed by atoms with Crippen LogP contribution in [0.1, 0.15) is 19.8 Å². The smallest absolute Gasteiger partial charge is 0.287 e. The van der Waals surface area contributed by atoms with Crippen molar-refractivity contribution < 1.29 is 5.11 Å². The van der Waals surface area contributed by atoms with Gasteiger partial charge in [0, 0.05) is 12.6 Å². The summed E-state index contributed by atoms with van der Waals surface area (Å²) in [7, 11) is 0. The summed E-state index contributed by atoms with van der Waals surface area (Å²) in [6, 6.07) is 0.288. The maximum Gasteiger partial charge on any atom is 0.287 e. The summed E-state index contributed by atoms with van der Waals surface area (Å²) in [5.74, 6) is 0. The monoisotopic (exact) mass is 300 g/mol. The normalized spacial score (nSPS) is 20.1. The highest BCUT2D eigenvalue weighted by Gasteiger charge is 2.20. The Labute approximate surface area is 123 Å². The molecule has 20 heavy (non-hydrogen) atoms. The first-order chi connectivity index (χ1) is 9.65. The lowest BCUT2D eigenvalue weighted by molar-refractivity contribution is 0.227. The summed E-state index contributed by atoms with van der Waals surface area (Å²) < 4.78 is 1.17. The van der Waals surface area contributed by atoms with Gasteiger partial charge in [0.15, 0.2) is 0 Å². The van der Waals surface area contributed by atoms with Crippen LogP contribution in [0.25, 0.3) is 0 Å². The number of halogens is 1. The predicted molar refractivity (Wildman–Crippen MR) is 79.4 cm³/mol. The van der Waals surface area contributed by atoms with Crippen molar-refractivity contribution >= 4 is 17.3 Å². The number of likely N-dealkylation sites (N-methyl/N-ethyl adjacent to an activating group) is 1. The molecule has 0 aromatic carbocycles. The van der Waals surface area contributed by atoms with Crippen LogP contribution in [0.3, 0.4) is 0 Å². The SMILES string of the molecule is CCN1CCCC(Nc2cnn(CCO)c(=O)c2Cl)C1. The van der Waals surface area contributed by atoms with Crippen molar-refractivity contribution in [2.45, 2.75) is 32.4 Å². The van der Waals surface area contributed by atoms with E-state index in [1.165, 1.54) is 4.68 Å². The lowest BCUT2D eigenvalue weighted by Gasteiger charge is -2.32. The number of hydrogen-bond acceptors (Lipinski definition) is 5. The third-order valence-electron chi connectivity index (χ3n) is 3.61. The van der Waals surface area contributed by atoms with E-state index in [4.69, 9.17) is 16.7 Å². The molecule has 0 aliphatic carbocycles. The lowest BCUT2D eigenvalue weighted by atomic mass is 10.1. The van der Waals surface area contributed by atoms with Gasteiger partial charge in [0.25, 0.3) is 5.56 Å². The second kappa shape index (κ2) is 7.06. The van der Waals surface area contributed by atoms with Crippen molar-refractivity contribution in [3.63, 3.8) is 0 Å². The molecule has 1 aromatic heterocycles. The van der Waals surface area contributed by atoms with Crippen molar-refractivity contribution in [1.82, 2.24) is 14.7 Å². The van der Waals surface area contributed by atoms with Crippen LogP contribution in [-0.4, -0.2) is 52.1 Å². The number of anilines is 1. The number of aliphatic hydroxyl groups is 1. The fraction of sp³-hybridized carbons (Fsp3) is 0.692. The quantitative estimate of drug-likeness (QED) is 0.841. The average molecular weight is 301 g/mol. The van der Waals surface area contributed by atoms with Gasteiger partial charge in [-0.3, -0.25) is 4.79 Å². The van der Waals surface area contributed by atoms with Crippen LogP contribution < -0.4 is 10.9 Å². The van der Waals surface area contributed by atoms with Crippen molar-refractivity contribution in [2.24, 2.45) is 0 Å². The van der Waals surface area contributed by atoms with Gasteiger partial charge in [-0.2, -0.15) is 5.10 Å². The predicted octanol–water partition coefficient (Wildman–Crippen LogP) is 0.785. The molecule has 1 aromatic rings. The molecule has 1 fully saturated rings. The summed E-state index contributed by atoms with van der Waals surface area (Å²) in [6.07, 6.45) is 3.76. The molecule has 2 N–H and O–H groups in total. The van der Waals surface area contributed by atoms with Gasteiger partial charge in [0.1, 0.15) is 5.02 Å². The Morgan fingerprint density at radius 3 is 3.10 bits per heavy atom. The molecule has 2 rings (SSSR count). The summed E-state index contributed by atoms with van der Waals surface area (Å²) in [6.45, 7) is 5.27. The van der Waals surface area contributed by atoms with Crippen LogP contribution in [0.5, 0.6) is 0 Å². The molecular weight excluding hydrogens is 280 g/mol. The molecule has 1 aliphatic rings. The van der Waals surface area contributed by atoms with E-state index in [9.17, 15) is 4.79 Å². The van der Waals surface area contributed by atoms with Crippen molar-refractivity contribution in [3.05, 3.63) is 21.6 Å². The molecule has 0 bridgehead atoms. The minimum absolute atomic E-state index is 0.135. The van der Waals surface area contributed by atoms with E-state index < -0.39 is 0 Å². The third kappa shape index (κ3) is 3.50. The molecule has 112 valence electrons. The minimum atomic E-state index is -0.367. The molecule has 0 amide bonds. The van der Waals surface area contributed by atoms with E-state index >= 15 is 0 Å². The Kier molecular flexibility index (Phi) is 5.39. The van der Waals surface area contributed by atoms with Crippen molar-refractivity contribution in [3.8, 4) is 0 Å². The van der Waals surface area contributed by atoms with E-state index in [2.05, 4.69) is 22.2 Å². The van der Waals surface area contributed by atoms with Gasteiger partial charge in [0.05, 0.1) is 25.0 Å². The van der Waals surface area contributed by atoms with Crippen LogP contribution in [0.4, 0.5) is 5.69 Å². The molecule has 2 heterocycles. The molecule has 1 unspecified atom stereocenters. The second-order valence-electron chi connectivity index (χ2n) is 5.00. The Bertz CT molecular complexity index is 506. The molecule has 0 radical (unpaired) electrons. The maximum atomic E-state index is 11.9. The molecule has 6 nitrogen and oxygen atoms in total.